The lowest BCUT2D eigenvalue weighted by molar-refractivity contribution is -0.415. The monoisotopic (exact) mass is 453 g/mol. The normalized spacial score (nSPS) is 17.1. The maximum Gasteiger partial charge on any atom is 0.379 e. The van der Waals surface area contributed by atoms with E-state index in [1.165, 1.54) is 12.1 Å². The number of nitrogens with one attached hydrogen (secondary N) is 1. The fourth-order valence-corrected chi connectivity index (χ4v) is 4.14. The second-order valence-corrected chi connectivity index (χ2v) is 9.89. The Labute approximate surface area is 183 Å². The Bertz CT molecular complexity index is 1030. The zero-order valence-corrected chi connectivity index (χ0v) is 19.8. The van der Waals surface area contributed by atoms with Gasteiger partial charge in [0.1, 0.15) is 17.0 Å². The maximum atomic E-state index is 13.0. The molecule has 1 aliphatic rings. The highest BCUT2D eigenvalue weighted by molar-refractivity contribution is 8.13. The van der Waals surface area contributed by atoms with E-state index in [1.54, 1.807) is 10.6 Å². The number of hydrogen-bond donors (Lipinski definition) is 1. The maximum absolute atomic E-state index is 13.0. The molecule has 1 aromatic rings. The Hall–Kier alpha value is -2.12. The second kappa shape index (κ2) is 9.79. The summed E-state index contributed by atoms with van der Waals surface area (Å²) >= 11 is 0. The summed E-state index contributed by atoms with van der Waals surface area (Å²) in [6.45, 7) is 14.5. The second-order valence-electron chi connectivity index (χ2n) is 7.32. The van der Waals surface area contributed by atoms with E-state index in [9.17, 15) is 13.2 Å². The minimum atomic E-state index is -3.96. The minimum absolute atomic E-state index is 0.0681. The number of halogens is 1. The summed E-state index contributed by atoms with van der Waals surface area (Å²) in [7, 11) is 1.62. The molecule has 0 saturated heterocycles. The highest BCUT2D eigenvalue weighted by Crippen LogP contribution is 2.30. The van der Waals surface area contributed by atoms with Crippen LogP contribution in [0.5, 0.6) is 5.75 Å². The average Bonchev–Trinajstić information content (AvgIpc) is 3.03. The highest BCUT2D eigenvalue weighted by Gasteiger charge is 2.41. The quantitative estimate of drug-likeness (QED) is 0.338. The van der Waals surface area contributed by atoms with Crippen molar-refractivity contribution in [3.63, 3.8) is 0 Å². The van der Waals surface area contributed by atoms with Gasteiger partial charge in [0.05, 0.1) is 11.5 Å². The third-order valence-corrected chi connectivity index (χ3v) is 6.61. The number of carbonyl (C=O) groups is 1. The number of hydrogen-bond acceptors (Lipinski definition) is 4. The van der Waals surface area contributed by atoms with Crippen LogP contribution in [0.3, 0.4) is 0 Å². The zero-order chi connectivity index (χ0) is 22.6. The molecular weight excluding hydrogens is 424 g/mol. The summed E-state index contributed by atoms with van der Waals surface area (Å²) in [6.07, 6.45) is 2.41. The predicted molar refractivity (Wildman–Crippen MR) is 119 cm³/mol. The predicted octanol–water partition coefficient (Wildman–Crippen LogP) is 4.54. The number of nitrogens with zero attached hydrogens (tertiary/aromatic N) is 1. The molecule has 1 N–H and O–H groups in total. The van der Waals surface area contributed by atoms with Crippen molar-refractivity contribution in [1.29, 1.82) is 0 Å². The average molecular weight is 454 g/mol. The molecule has 0 fully saturated rings. The molecule has 30 heavy (non-hydrogen) atoms. The first-order chi connectivity index (χ1) is 14.1. The van der Waals surface area contributed by atoms with Crippen molar-refractivity contribution in [3.8, 4) is 5.75 Å². The lowest BCUT2D eigenvalue weighted by atomic mass is 9.97. The molecule has 1 heterocycles. The molecule has 6 nitrogen and oxygen atoms in total. The van der Waals surface area contributed by atoms with E-state index in [2.05, 4.69) is 25.7 Å². The molecule has 0 aliphatic carbocycles. The van der Waals surface area contributed by atoms with Crippen LogP contribution in [0.4, 0.5) is 0 Å². The van der Waals surface area contributed by atoms with Gasteiger partial charge >= 0.3 is 5.91 Å². The molecule has 0 bridgehead atoms. The van der Waals surface area contributed by atoms with Crippen LogP contribution >= 0.6 is 10.7 Å². The third-order valence-electron chi connectivity index (χ3n) is 5.26. The van der Waals surface area contributed by atoms with Crippen LogP contribution < -0.4 is 10.1 Å². The molecular formula is C22H30ClN2O4S+. The van der Waals surface area contributed by atoms with Crippen molar-refractivity contribution in [1.82, 2.24) is 5.32 Å². The fraction of sp³-hybridized carbons (Fsp3) is 0.455. The van der Waals surface area contributed by atoms with Crippen molar-refractivity contribution in [2.24, 2.45) is 5.92 Å². The molecule has 0 aromatic heterocycles. The van der Waals surface area contributed by atoms with Crippen LogP contribution in [0.15, 0.2) is 46.6 Å². The number of benzene rings is 1. The van der Waals surface area contributed by atoms with Gasteiger partial charge in [0.2, 0.25) is 5.70 Å². The van der Waals surface area contributed by atoms with Crippen LogP contribution in [-0.4, -0.2) is 31.3 Å². The van der Waals surface area contributed by atoms with E-state index < -0.39 is 9.05 Å². The SMILES string of the molecule is C=C(CCC)[N+]1=C(c2cc(S(=O)(=O)Cl)ccc2OCC)NC(=O)/C1=C(\C)C(C)CC. The molecule has 1 amide bonds. The van der Waals surface area contributed by atoms with E-state index in [0.717, 1.165) is 24.1 Å². The first kappa shape index (κ1) is 24.2. The number of rotatable bonds is 9. The minimum Gasteiger partial charge on any atom is -0.493 e. The first-order valence-corrected chi connectivity index (χ1v) is 12.5. The van der Waals surface area contributed by atoms with Crippen molar-refractivity contribution in [2.45, 2.75) is 58.8 Å². The van der Waals surface area contributed by atoms with Crippen molar-refractivity contribution < 1.29 is 22.5 Å². The van der Waals surface area contributed by atoms with Gasteiger partial charge in [0, 0.05) is 17.1 Å². The van der Waals surface area contributed by atoms with Gasteiger partial charge in [-0.3, -0.25) is 0 Å². The van der Waals surface area contributed by atoms with Gasteiger partial charge < -0.3 is 4.74 Å². The van der Waals surface area contributed by atoms with Crippen LogP contribution in [-0.2, 0) is 13.8 Å². The lowest BCUT2D eigenvalue weighted by Gasteiger charge is -2.14. The summed E-state index contributed by atoms with van der Waals surface area (Å²) in [5.41, 5.74) is 2.65. The molecule has 0 radical (unpaired) electrons. The van der Waals surface area contributed by atoms with E-state index in [1.807, 2.05) is 20.8 Å². The van der Waals surface area contributed by atoms with Crippen LogP contribution in [0.2, 0.25) is 0 Å². The molecule has 164 valence electrons. The van der Waals surface area contributed by atoms with Crippen LogP contribution in [0, 0.1) is 5.92 Å². The smallest absolute Gasteiger partial charge is 0.379 e. The molecule has 1 unspecified atom stereocenters. The Balaban J connectivity index is 2.88. The number of allylic oxidation sites excluding steroid dienone is 2. The first-order valence-electron chi connectivity index (χ1n) is 10.2. The summed E-state index contributed by atoms with van der Waals surface area (Å²) in [5, 5.41) is 2.91. The number of carbonyl (C=O) groups excluding carboxylic acids is 1. The highest BCUT2D eigenvalue weighted by atomic mass is 35.7. The zero-order valence-electron chi connectivity index (χ0n) is 18.2. The molecule has 0 saturated carbocycles. The Morgan fingerprint density at radius 3 is 2.50 bits per heavy atom. The summed E-state index contributed by atoms with van der Waals surface area (Å²) in [6, 6.07) is 4.37. The topological polar surface area (TPSA) is 75.5 Å². The molecule has 8 heteroatoms. The summed E-state index contributed by atoms with van der Waals surface area (Å²) < 4.78 is 31.4. The van der Waals surface area contributed by atoms with E-state index in [4.69, 9.17) is 15.4 Å². The summed E-state index contributed by atoms with van der Waals surface area (Å²) in [4.78, 5) is 13.0. The van der Waals surface area contributed by atoms with E-state index in [-0.39, 0.29) is 16.7 Å². The number of ether oxygens (including phenoxy) is 1. The Morgan fingerprint density at radius 1 is 1.30 bits per heavy atom. The van der Waals surface area contributed by atoms with Crippen molar-refractivity contribution in [2.75, 3.05) is 6.61 Å². The number of amides is 1. The standard InChI is InChI=1S/C22H29ClN2O4S/c1-7-10-15(5)25-20(16(6)14(4)8-2)22(26)24-21(25)18-13-17(30(23,27)28)11-12-19(18)29-9-3/h11-14H,5,7-10H2,1-4,6H3/p+1/b20-16-. The molecule has 0 spiro atoms. The van der Waals surface area contributed by atoms with Gasteiger partial charge in [0.15, 0.2) is 0 Å². The van der Waals surface area contributed by atoms with Gasteiger partial charge in [-0.2, -0.15) is 4.58 Å². The fourth-order valence-electron chi connectivity index (χ4n) is 3.36. The molecule has 1 aliphatic heterocycles. The van der Waals surface area contributed by atoms with Gasteiger partial charge in [0.25, 0.3) is 14.9 Å². The van der Waals surface area contributed by atoms with E-state index in [0.29, 0.717) is 35.9 Å². The van der Waals surface area contributed by atoms with E-state index >= 15 is 0 Å². The van der Waals surface area contributed by atoms with Crippen molar-refractivity contribution >= 4 is 31.5 Å². The van der Waals surface area contributed by atoms with Crippen LogP contribution in [0.25, 0.3) is 0 Å². The third kappa shape index (κ3) is 4.95. The largest absolute Gasteiger partial charge is 0.493 e. The lowest BCUT2D eigenvalue weighted by Crippen LogP contribution is -2.27. The number of amidine groups is 1. The Morgan fingerprint density at radius 2 is 1.97 bits per heavy atom. The van der Waals surface area contributed by atoms with Crippen molar-refractivity contribution in [3.05, 3.63) is 47.3 Å². The molecule has 1 aromatic carbocycles. The van der Waals surface area contributed by atoms with Gasteiger partial charge in [-0.25, -0.2) is 18.5 Å². The van der Waals surface area contributed by atoms with Crippen LogP contribution in [0.1, 0.15) is 59.4 Å². The molecule has 2 rings (SSSR count). The van der Waals surface area contributed by atoms with Gasteiger partial charge in [-0.1, -0.05) is 27.4 Å². The Kier molecular flexibility index (Phi) is 7.88. The van der Waals surface area contributed by atoms with Gasteiger partial charge in [-0.05, 0) is 56.4 Å². The summed E-state index contributed by atoms with van der Waals surface area (Å²) in [5.74, 6) is 0.833. The van der Waals surface area contributed by atoms with Gasteiger partial charge in [-0.15, -0.1) is 0 Å². The molecule has 1 atom stereocenters.